The van der Waals surface area contributed by atoms with Crippen molar-refractivity contribution in [2.24, 2.45) is 0 Å². The summed E-state index contributed by atoms with van der Waals surface area (Å²) < 4.78 is 13.5. The normalized spacial score (nSPS) is 11.2. The molecule has 10 rings (SSSR count). The minimum absolute atomic E-state index is 0.0683. The summed E-state index contributed by atoms with van der Waals surface area (Å²) in [6.45, 7) is 92.7. The van der Waals surface area contributed by atoms with Crippen LogP contribution in [0.4, 0.5) is 4.39 Å². The molecule has 0 spiro atoms. The Morgan fingerprint density at radius 1 is 0.197 bits per heavy atom. The quantitative estimate of drug-likeness (QED) is 0.0761. The molecule has 0 aliphatic heterocycles. The van der Waals surface area contributed by atoms with Gasteiger partial charge in [0.1, 0.15) is 5.82 Å². The van der Waals surface area contributed by atoms with Crippen LogP contribution in [0.5, 0.6) is 0 Å². The van der Waals surface area contributed by atoms with Gasteiger partial charge in [-0.3, -0.25) is 19.9 Å². The average Bonchev–Trinajstić information content (AvgIpc) is 0.947. The van der Waals surface area contributed by atoms with Crippen LogP contribution in [0.2, 0.25) is 0 Å². The summed E-state index contributed by atoms with van der Waals surface area (Å²) in [6.07, 6.45) is 7.28. The first-order chi connectivity index (χ1) is 57.0. The molecule has 0 saturated heterocycles. The highest BCUT2D eigenvalue weighted by molar-refractivity contribution is 7.09. The SMILES string of the molecule is CC(C)c1cccc(F)c1C(C)C.CC(C)c1ccccc1C(C)C.CC(C)c1ccccc1C(C)C.CC(C)c1ccccc1C(C)C.CC(C)c1cccnc1C(C)C.CC(C)c1cccnc1C(C)C.CC(C)c1nccnc1C(C)C.CC(C)c1ncsc1C(C)C.Cc1ccc(C(C)C)c(C(C)C)c1.Cc1ccc(C(C)C)c(C(C)C)c1. The molecule has 6 aromatic carbocycles. The molecule has 0 atom stereocenters. The summed E-state index contributed by atoms with van der Waals surface area (Å²) in [5.74, 6) is 11.3. The number of pyridine rings is 2. The molecule has 0 amide bonds. The van der Waals surface area contributed by atoms with Gasteiger partial charge < -0.3 is 0 Å². The number of benzene rings is 6. The van der Waals surface area contributed by atoms with Crippen molar-refractivity contribution in [3.63, 3.8) is 0 Å². The zero-order valence-corrected chi connectivity index (χ0v) is 86.2. The van der Waals surface area contributed by atoms with E-state index in [2.05, 4.69) is 423 Å². The maximum absolute atomic E-state index is 13.5. The second kappa shape index (κ2) is 57.7. The Morgan fingerprint density at radius 3 is 0.648 bits per heavy atom. The Labute approximate surface area is 755 Å². The maximum atomic E-state index is 13.5. The number of halogens is 1. The van der Waals surface area contributed by atoms with E-state index in [1.807, 2.05) is 50.0 Å². The predicted octanol–water partition coefficient (Wildman–Crippen LogP) is 37.1. The third-order valence-electron chi connectivity index (χ3n) is 21.6. The predicted molar refractivity (Wildman–Crippen MR) is 542 cm³/mol. The highest BCUT2D eigenvalue weighted by atomic mass is 32.1. The largest absolute Gasteiger partial charge is 0.261 e. The van der Waals surface area contributed by atoms with E-state index in [-0.39, 0.29) is 11.7 Å². The van der Waals surface area contributed by atoms with Crippen molar-refractivity contribution in [3.8, 4) is 0 Å². The molecule has 0 radical (unpaired) electrons. The molecule has 0 fully saturated rings. The molecule has 4 aromatic heterocycles. The van der Waals surface area contributed by atoms with Gasteiger partial charge in [-0.05, 0) is 228 Å². The van der Waals surface area contributed by atoms with Crippen LogP contribution in [-0.4, -0.2) is 24.9 Å². The molecule has 0 N–H and O–H groups in total. The van der Waals surface area contributed by atoms with Gasteiger partial charge in [0.05, 0.1) is 22.6 Å². The number of aromatic nitrogens is 5. The van der Waals surface area contributed by atoms with Crippen molar-refractivity contribution >= 4 is 11.3 Å². The van der Waals surface area contributed by atoms with E-state index in [1.165, 1.54) is 99.8 Å². The minimum atomic E-state index is -0.0683. The van der Waals surface area contributed by atoms with Crippen LogP contribution >= 0.6 is 11.3 Å². The summed E-state index contributed by atoms with van der Waals surface area (Å²) in [5, 5.41) is 0. The van der Waals surface area contributed by atoms with Gasteiger partial charge >= 0.3 is 0 Å². The standard InChI is InChI=1S/2C13H20.C12H17F.3C12H18.2C11H17N.C10H16N2.C9H15NS/c2*1-9(2)12-7-6-11(5)8-13(12)10(3)4;1-8(2)10-6-5-7-11(13)12(10)9(3)4;3*1-9(2)11-7-5-6-8-12(11)10(3)4;2*1-8(2)10-6-5-7-12-11(10)9(3)4;1-7(2)9-10(8(3)4)12-6-5-11-9;1-6(2)8-9(7(3)4)11-5-10-8/h2*6-10H,1-5H3;5-9H,1-4H3;3*5-10H,1-4H3;2*5-9H,1-4H3;5-8H,1-4H3;5-7H,1-4H3. The number of rotatable bonds is 20. The van der Waals surface area contributed by atoms with Gasteiger partial charge in [0.25, 0.3) is 0 Å². The van der Waals surface area contributed by atoms with E-state index in [9.17, 15) is 4.39 Å². The number of thiazole rings is 1. The third kappa shape index (κ3) is 39.2. The second-order valence-corrected chi connectivity index (χ2v) is 40.3. The summed E-state index contributed by atoms with van der Waals surface area (Å²) in [5.41, 5.74) is 30.5. The lowest BCUT2D eigenvalue weighted by Gasteiger charge is -2.16. The summed E-state index contributed by atoms with van der Waals surface area (Å²) in [4.78, 5) is 23.3. The van der Waals surface area contributed by atoms with E-state index in [4.69, 9.17) is 0 Å². The van der Waals surface area contributed by atoms with Crippen LogP contribution in [0.15, 0.2) is 182 Å². The summed E-state index contributed by atoms with van der Waals surface area (Å²) in [6, 6.07) is 53.5. The first-order valence-corrected chi connectivity index (χ1v) is 47.7. The van der Waals surface area contributed by atoms with Crippen molar-refractivity contribution in [2.45, 2.75) is 409 Å². The van der Waals surface area contributed by atoms with Gasteiger partial charge in [-0.1, -0.05) is 422 Å². The average molecular weight is 1680 g/mol. The molecule has 10 aromatic rings. The van der Waals surface area contributed by atoms with Crippen molar-refractivity contribution in [1.82, 2.24) is 24.9 Å². The highest BCUT2D eigenvalue weighted by Crippen LogP contribution is 2.35. The zero-order chi connectivity index (χ0) is 93.3. The van der Waals surface area contributed by atoms with Crippen molar-refractivity contribution < 1.29 is 4.39 Å². The second-order valence-electron chi connectivity index (χ2n) is 39.4. The first-order valence-electron chi connectivity index (χ1n) is 46.9. The molecule has 7 heteroatoms. The molecule has 122 heavy (non-hydrogen) atoms. The summed E-state index contributed by atoms with van der Waals surface area (Å²) >= 11 is 1.77. The van der Waals surface area contributed by atoms with Crippen LogP contribution in [0.25, 0.3) is 0 Å². The van der Waals surface area contributed by atoms with Gasteiger partial charge in [0, 0.05) is 41.1 Å². The molecule has 674 valence electrons. The van der Waals surface area contributed by atoms with E-state index in [0.29, 0.717) is 112 Å². The van der Waals surface area contributed by atoms with Gasteiger partial charge in [-0.25, -0.2) is 9.37 Å². The van der Waals surface area contributed by atoms with Gasteiger partial charge in [0.2, 0.25) is 0 Å². The lowest BCUT2D eigenvalue weighted by Crippen LogP contribution is -2.03. The zero-order valence-electron chi connectivity index (χ0n) is 85.4. The lowest BCUT2D eigenvalue weighted by atomic mass is 9.89. The molecule has 5 nitrogen and oxygen atoms in total. The van der Waals surface area contributed by atoms with Crippen LogP contribution in [0.1, 0.15) is 518 Å². The Bertz CT molecular complexity index is 3780. The molecule has 0 bridgehead atoms. The van der Waals surface area contributed by atoms with Gasteiger partial charge in [-0.2, -0.15) is 0 Å². The molecule has 4 heterocycles. The van der Waals surface area contributed by atoms with Crippen molar-refractivity contribution in [2.75, 3.05) is 0 Å². The smallest absolute Gasteiger partial charge is 0.126 e. The molecular weight excluding hydrogens is 1500 g/mol. The Hall–Kier alpha value is -7.74. The van der Waals surface area contributed by atoms with E-state index < -0.39 is 0 Å². The topological polar surface area (TPSA) is 64.5 Å². The van der Waals surface area contributed by atoms with E-state index in [1.54, 1.807) is 35.9 Å². The Balaban J connectivity index is 0.000000678. The molecule has 0 unspecified atom stereocenters. The van der Waals surface area contributed by atoms with Crippen molar-refractivity contribution in [1.29, 1.82) is 0 Å². The first kappa shape index (κ1) is 112. The maximum Gasteiger partial charge on any atom is 0.126 e. The number of nitrogens with zero attached hydrogens (tertiary/aromatic N) is 5. The van der Waals surface area contributed by atoms with Crippen LogP contribution in [0, 0.1) is 19.7 Å². The molecule has 0 saturated carbocycles. The number of hydrogen-bond acceptors (Lipinski definition) is 6. The Morgan fingerprint density at radius 2 is 0.434 bits per heavy atom. The van der Waals surface area contributed by atoms with Crippen LogP contribution < -0.4 is 0 Å². The molecule has 0 aliphatic carbocycles. The van der Waals surface area contributed by atoms with Crippen LogP contribution in [0.3, 0.4) is 0 Å². The Kier molecular flexibility index (Phi) is 53.1. The summed E-state index contributed by atoms with van der Waals surface area (Å²) in [7, 11) is 0. The monoisotopic (exact) mass is 1680 g/mol. The highest BCUT2D eigenvalue weighted by Gasteiger charge is 2.19. The third-order valence-corrected chi connectivity index (χ3v) is 22.7. The molecular formula is C115H176FN5S. The molecule has 0 aliphatic rings. The lowest BCUT2D eigenvalue weighted by molar-refractivity contribution is 0.589. The van der Waals surface area contributed by atoms with Gasteiger partial charge in [-0.15, -0.1) is 11.3 Å². The number of aryl methyl sites for hydroxylation is 2. The van der Waals surface area contributed by atoms with E-state index >= 15 is 0 Å². The van der Waals surface area contributed by atoms with E-state index in [0.717, 1.165) is 22.5 Å². The minimum Gasteiger partial charge on any atom is -0.261 e. The van der Waals surface area contributed by atoms with Gasteiger partial charge in [0.15, 0.2) is 0 Å². The fraction of sp³-hybridized carbons (Fsp3) is 0.539. The fourth-order valence-electron chi connectivity index (χ4n) is 15.0. The van der Waals surface area contributed by atoms with Crippen LogP contribution in [-0.2, 0) is 0 Å². The van der Waals surface area contributed by atoms with Crippen molar-refractivity contribution in [3.05, 3.63) is 310 Å². The number of hydrogen-bond donors (Lipinski definition) is 0. The fourth-order valence-corrected chi connectivity index (χ4v) is 15.9.